The molecule has 0 radical (unpaired) electrons. The lowest BCUT2D eigenvalue weighted by Gasteiger charge is -2.15. The highest BCUT2D eigenvalue weighted by molar-refractivity contribution is 5.86. The van der Waals surface area contributed by atoms with Gasteiger partial charge in [0.25, 0.3) is 0 Å². The third-order valence-electron chi connectivity index (χ3n) is 4.10. The molecule has 0 spiro atoms. The van der Waals surface area contributed by atoms with Crippen molar-refractivity contribution >= 4 is 11.9 Å². The van der Waals surface area contributed by atoms with Gasteiger partial charge in [0.2, 0.25) is 5.91 Å². The largest absolute Gasteiger partial charge is 0.493 e. The van der Waals surface area contributed by atoms with Gasteiger partial charge in [-0.05, 0) is 30.7 Å². The molecule has 0 aliphatic carbocycles. The zero-order chi connectivity index (χ0) is 20.9. The van der Waals surface area contributed by atoms with Gasteiger partial charge in [0.05, 0.1) is 26.0 Å². The smallest absolute Gasteiger partial charge is 0.239 e. The van der Waals surface area contributed by atoms with Crippen molar-refractivity contribution in [2.75, 3.05) is 33.9 Å². The van der Waals surface area contributed by atoms with Crippen LogP contribution < -0.4 is 20.7 Å². The summed E-state index contributed by atoms with van der Waals surface area (Å²) < 4.78 is 16.1. The number of rotatable bonds is 11. The maximum Gasteiger partial charge on any atom is 0.239 e. The van der Waals surface area contributed by atoms with E-state index in [0.717, 1.165) is 23.3 Å². The fourth-order valence-electron chi connectivity index (χ4n) is 2.55. The second kappa shape index (κ2) is 12.5. The number of hydrogen-bond acceptors (Lipinski definition) is 5. The standard InChI is InChI=1S/C21H30N4O4/c1-16-7-8-17(19(12-16)29-11-5-9-27-3)13-24-21(22-2)25-15-20(26)23-14-18-6-4-10-28-18/h4,6-8,10,12H,5,9,11,13-15H2,1-3H3,(H,23,26)(H2,22,24,25). The van der Waals surface area contributed by atoms with Crippen molar-refractivity contribution in [1.82, 2.24) is 16.0 Å². The van der Waals surface area contributed by atoms with Crippen molar-refractivity contribution in [3.05, 3.63) is 53.5 Å². The fourth-order valence-corrected chi connectivity index (χ4v) is 2.55. The second-order valence-electron chi connectivity index (χ2n) is 6.44. The molecule has 0 saturated heterocycles. The third kappa shape index (κ3) is 8.27. The normalized spacial score (nSPS) is 11.2. The van der Waals surface area contributed by atoms with Crippen LogP contribution >= 0.6 is 0 Å². The molecule has 3 N–H and O–H groups in total. The first kappa shape index (κ1) is 22.3. The van der Waals surface area contributed by atoms with Crippen LogP contribution in [-0.4, -0.2) is 45.8 Å². The minimum Gasteiger partial charge on any atom is -0.493 e. The predicted octanol–water partition coefficient (Wildman–Crippen LogP) is 1.98. The zero-order valence-electron chi connectivity index (χ0n) is 17.3. The third-order valence-corrected chi connectivity index (χ3v) is 4.10. The number of nitrogens with zero attached hydrogens (tertiary/aromatic N) is 1. The Labute approximate surface area is 171 Å². The molecule has 8 heteroatoms. The van der Waals surface area contributed by atoms with Crippen molar-refractivity contribution in [3.8, 4) is 5.75 Å². The van der Waals surface area contributed by atoms with Gasteiger partial charge in [-0.15, -0.1) is 0 Å². The van der Waals surface area contributed by atoms with E-state index in [9.17, 15) is 4.79 Å². The highest BCUT2D eigenvalue weighted by Gasteiger charge is 2.08. The van der Waals surface area contributed by atoms with Gasteiger partial charge in [0.1, 0.15) is 11.5 Å². The molecule has 158 valence electrons. The van der Waals surface area contributed by atoms with E-state index in [1.54, 1.807) is 26.5 Å². The molecule has 1 aromatic carbocycles. The van der Waals surface area contributed by atoms with Gasteiger partial charge in [-0.1, -0.05) is 12.1 Å². The Morgan fingerprint density at radius 2 is 2.00 bits per heavy atom. The first-order valence-corrected chi connectivity index (χ1v) is 9.57. The number of guanidine groups is 1. The Hall–Kier alpha value is -3.00. The molecule has 0 fully saturated rings. The van der Waals surface area contributed by atoms with E-state index in [0.29, 0.717) is 38.0 Å². The Kier molecular flexibility index (Phi) is 9.57. The first-order chi connectivity index (χ1) is 14.1. The molecule has 29 heavy (non-hydrogen) atoms. The molecular weight excluding hydrogens is 372 g/mol. The fraction of sp³-hybridized carbons (Fsp3) is 0.429. The number of benzene rings is 1. The van der Waals surface area contributed by atoms with Crippen molar-refractivity contribution in [2.45, 2.75) is 26.4 Å². The molecule has 1 aromatic heterocycles. The molecule has 2 rings (SSSR count). The number of amides is 1. The van der Waals surface area contributed by atoms with E-state index in [4.69, 9.17) is 13.9 Å². The number of methoxy groups -OCH3 is 1. The summed E-state index contributed by atoms with van der Waals surface area (Å²) in [5.41, 5.74) is 2.14. The average Bonchev–Trinajstić information content (AvgIpc) is 3.24. The van der Waals surface area contributed by atoms with E-state index in [1.165, 1.54) is 0 Å². The summed E-state index contributed by atoms with van der Waals surface area (Å²) in [6, 6.07) is 9.67. The Morgan fingerprint density at radius 1 is 1.14 bits per heavy atom. The molecule has 0 aliphatic rings. The van der Waals surface area contributed by atoms with Crippen LogP contribution in [0.5, 0.6) is 5.75 Å². The number of carbonyl (C=O) groups excluding carboxylic acids is 1. The van der Waals surface area contributed by atoms with Crippen LogP contribution in [0.25, 0.3) is 0 Å². The topological polar surface area (TPSA) is 97.1 Å². The van der Waals surface area contributed by atoms with E-state index in [2.05, 4.69) is 20.9 Å². The number of hydrogen-bond donors (Lipinski definition) is 3. The second-order valence-corrected chi connectivity index (χ2v) is 6.44. The molecule has 0 bridgehead atoms. The van der Waals surface area contributed by atoms with E-state index >= 15 is 0 Å². The number of aryl methyl sites for hydroxylation is 1. The summed E-state index contributed by atoms with van der Waals surface area (Å²) in [4.78, 5) is 16.1. The van der Waals surface area contributed by atoms with Gasteiger partial charge < -0.3 is 29.8 Å². The SMILES string of the molecule is CN=C(NCC(=O)NCc1ccco1)NCc1ccc(C)cc1OCCCOC. The van der Waals surface area contributed by atoms with E-state index in [-0.39, 0.29) is 12.5 Å². The lowest BCUT2D eigenvalue weighted by molar-refractivity contribution is -0.120. The summed E-state index contributed by atoms with van der Waals surface area (Å²) in [7, 11) is 3.34. The molecular formula is C21H30N4O4. The average molecular weight is 402 g/mol. The van der Waals surface area contributed by atoms with Gasteiger partial charge in [-0.25, -0.2) is 0 Å². The Morgan fingerprint density at radius 3 is 2.72 bits per heavy atom. The van der Waals surface area contributed by atoms with Gasteiger partial charge in [-0.2, -0.15) is 0 Å². The first-order valence-electron chi connectivity index (χ1n) is 9.57. The minimum absolute atomic E-state index is 0.106. The molecule has 1 amide bonds. The van der Waals surface area contributed by atoms with Crippen LogP contribution in [0.2, 0.25) is 0 Å². The molecule has 2 aromatic rings. The number of nitrogens with one attached hydrogen (secondary N) is 3. The summed E-state index contributed by atoms with van der Waals surface area (Å²) in [5, 5.41) is 8.99. The molecule has 1 heterocycles. The van der Waals surface area contributed by atoms with Crippen LogP contribution in [0.4, 0.5) is 0 Å². The van der Waals surface area contributed by atoms with Gasteiger partial charge in [0, 0.05) is 39.3 Å². The van der Waals surface area contributed by atoms with Crippen molar-refractivity contribution < 1.29 is 18.7 Å². The Balaban J connectivity index is 1.79. The van der Waals surface area contributed by atoms with Crippen LogP contribution in [0.15, 0.2) is 46.0 Å². The van der Waals surface area contributed by atoms with Crippen molar-refractivity contribution in [1.29, 1.82) is 0 Å². The highest BCUT2D eigenvalue weighted by Crippen LogP contribution is 2.20. The highest BCUT2D eigenvalue weighted by atomic mass is 16.5. The van der Waals surface area contributed by atoms with E-state index in [1.807, 2.05) is 31.2 Å². The van der Waals surface area contributed by atoms with Crippen molar-refractivity contribution in [3.63, 3.8) is 0 Å². The predicted molar refractivity (Wildman–Crippen MR) is 112 cm³/mol. The number of ether oxygens (including phenoxy) is 2. The quantitative estimate of drug-likeness (QED) is 0.302. The van der Waals surface area contributed by atoms with Gasteiger partial charge >= 0.3 is 0 Å². The summed E-state index contributed by atoms with van der Waals surface area (Å²) in [5.74, 6) is 1.92. The van der Waals surface area contributed by atoms with Crippen LogP contribution in [-0.2, 0) is 22.6 Å². The zero-order valence-corrected chi connectivity index (χ0v) is 17.3. The lowest BCUT2D eigenvalue weighted by atomic mass is 10.1. The molecule has 8 nitrogen and oxygen atoms in total. The number of furan rings is 1. The van der Waals surface area contributed by atoms with Crippen LogP contribution in [0.1, 0.15) is 23.3 Å². The van der Waals surface area contributed by atoms with Crippen LogP contribution in [0.3, 0.4) is 0 Å². The molecule has 0 unspecified atom stereocenters. The van der Waals surface area contributed by atoms with Gasteiger partial charge in [-0.3, -0.25) is 9.79 Å². The van der Waals surface area contributed by atoms with Gasteiger partial charge in [0.15, 0.2) is 5.96 Å². The number of aliphatic imine (C=N–C) groups is 1. The summed E-state index contributed by atoms with van der Waals surface area (Å²) in [6.07, 6.45) is 2.40. The molecule has 0 atom stereocenters. The maximum atomic E-state index is 12.0. The summed E-state index contributed by atoms with van der Waals surface area (Å²) >= 11 is 0. The Bertz CT molecular complexity index is 775. The van der Waals surface area contributed by atoms with Crippen LogP contribution in [0, 0.1) is 6.92 Å². The molecule has 0 saturated carbocycles. The minimum atomic E-state index is -0.151. The number of carbonyl (C=O) groups is 1. The lowest BCUT2D eigenvalue weighted by Crippen LogP contribution is -2.42. The maximum absolute atomic E-state index is 12.0. The monoisotopic (exact) mass is 402 g/mol. The van der Waals surface area contributed by atoms with E-state index < -0.39 is 0 Å². The summed E-state index contributed by atoms with van der Waals surface area (Å²) in [6.45, 7) is 4.26. The van der Waals surface area contributed by atoms with Crippen molar-refractivity contribution in [2.24, 2.45) is 4.99 Å². The molecule has 0 aliphatic heterocycles.